The number of ether oxygens (including phenoxy) is 5. The van der Waals surface area contributed by atoms with Crippen molar-refractivity contribution < 1.29 is 84.7 Å². The second-order valence-electron chi connectivity index (χ2n) is 8.40. The van der Waals surface area contributed by atoms with Gasteiger partial charge in [-0.05, 0) is 0 Å². The summed E-state index contributed by atoms with van der Waals surface area (Å²) in [6, 6.07) is 0. The van der Waals surface area contributed by atoms with Crippen LogP contribution in [0.4, 0.5) is 0 Å². The average molecular weight is 518 g/mol. The molecule has 17 heteroatoms. The van der Waals surface area contributed by atoms with Crippen molar-refractivity contribution in [3.63, 3.8) is 0 Å². The Morgan fingerprint density at radius 1 is 0.743 bits per heavy atom. The zero-order valence-electron chi connectivity index (χ0n) is 18.0. The van der Waals surface area contributed by atoms with E-state index in [9.17, 15) is 55.9 Å². The zero-order valence-corrected chi connectivity index (χ0v) is 18.0. The SMILES string of the molecule is O=C(O)C1OC(OC2C(CO)OC(OC3(CO)OC(CO)C(O)C3O)C(O)C2O)C(O)C(O)C1O. The molecule has 0 aromatic rings. The molecular weight excluding hydrogens is 488 g/mol. The summed E-state index contributed by atoms with van der Waals surface area (Å²) in [5.74, 6) is -4.10. The van der Waals surface area contributed by atoms with Crippen LogP contribution in [0.1, 0.15) is 0 Å². The molecule has 0 aromatic carbocycles. The van der Waals surface area contributed by atoms with Gasteiger partial charge in [-0.25, -0.2) is 4.79 Å². The number of hydrogen-bond acceptors (Lipinski definition) is 16. The quantitative estimate of drug-likeness (QED) is 0.142. The minimum atomic E-state index is -2.40. The van der Waals surface area contributed by atoms with Crippen LogP contribution in [0, 0.1) is 0 Å². The summed E-state index contributed by atoms with van der Waals surface area (Å²) in [6.45, 7) is -2.77. The maximum absolute atomic E-state index is 11.3. The molecule has 0 bridgehead atoms. The van der Waals surface area contributed by atoms with E-state index in [4.69, 9.17) is 28.8 Å². The Bertz CT molecular complexity index is 723. The van der Waals surface area contributed by atoms with Crippen LogP contribution >= 0.6 is 0 Å². The summed E-state index contributed by atoms with van der Waals surface area (Å²) in [4.78, 5) is 11.3. The van der Waals surface area contributed by atoms with Crippen LogP contribution < -0.4 is 0 Å². The highest BCUT2D eigenvalue weighted by Gasteiger charge is 2.59. The Kier molecular flexibility index (Phi) is 9.01. The third-order valence-corrected chi connectivity index (χ3v) is 6.15. The molecule has 3 aliphatic rings. The fourth-order valence-electron chi connectivity index (χ4n) is 4.10. The molecule has 3 saturated heterocycles. The van der Waals surface area contributed by atoms with Crippen molar-refractivity contribution >= 4 is 5.97 Å². The normalized spacial score (nSPS) is 50.9. The van der Waals surface area contributed by atoms with Gasteiger partial charge in [0.2, 0.25) is 5.79 Å². The molecule has 0 saturated carbocycles. The van der Waals surface area contributed by atoms with Gasteiger partial charge < -0.3 is 79.9 Å². The highest BCUT2D eigenvalue weighted by Crippen LogP contribution is 2.37. The third-order valence-electron chi connectivity index (χ3n) is 6.15. The number of carbonyl (C=O) groups is 1. The summed E-state index contributed by atoms with van der Waals surface area (Å²) in [5.41, 5.74) is 0. The van der Waals surface area contributed by atoms with E-state index in [0.29, 0.717) is 0 Å². The summed E-state index contributed by atoms with van der Waals surface area (Å²) in [6.07, 6.45) is -24.3. The van der Waals surface area contributed by atoms with Crippen LogP contribution in [0.2, 0.25) is 0 Å². The number of aliphatic carboxylic acids is 1. The molecule has 0 spiro atoms. The molecule has 0 aliphatic carbocycles. The number of rotatable bonds is 8. The van der Waals surface area contributed by atoms with Crippen molar-refractivity contribution in [2.45, 2.75) is 85.5 Å². The lowest BCUT2D eigenvalue weighted by molar-refractivity contribution is -0.397. The van der Waals surface area contributed by atoms with E-state index in [1.54, 1.807) is 0 Å². The standard InChI is InChI=1S/C18H30O17/c19-1-4-6(22)14(28)18(3-21,34-4)35-17-11(27)9(25)12(5(2-20)31-17)32-16-10(26)7(23)8(24)13(33-16)15(29)30/h4-14,16-17,19-28H,1-3H2,(H,29,30). The molecule has 0 amide bonds. The molecular formula is C18H30O17. The molecule has 35 heavy (non-hydrogen) atoms. The molecule has 0 aromatic heterocycles. The monoisotopic (exact) mass is 518 g/mol. The number of aliphatic hydroxyl groups excluding tert-OH is 10. The zero-order chi connectivity index (χ0) is 26.2. The maximum atomic E-state index is 11.3. The highest BCUT2D eigenvalue weighted by molar-refractivity contribution is 5.73. The van der Waals surface area contributed by atoms with E-state index < -0.39 is 111 Å². The molecule has 3 aliphatic heterocycles. The number of aliphatic hydroxyl groups is 10. The first-order chi connectivity index (χ1) is 16.4. The van der Waals surface area contributed by atoms with E-state index in [1.807, 2.05) is 0 Å². The van der Waals surface area contributed by atoms with Gasteiger partial charge in [0.15, 0.2) is 18.7 Å². The summed E-state index contributed by atoms with van der Waals surface area (Å²) in [7, 11) is 0. The summed E-state index contributed by atoms with van der Waals surface area (Å²) < 4.78 is 26.2. The van der Waals surface area contributed by atoms with Gasteiger partial charge >= 0.3 is 5.97 Å². The topological polar surface area (TPSA) is 286 Å². The first-order valence-corrected chi connectivity index (χ1v) is 10.6. The minimum absolute atomic E-state index is 0.767. The van der Waals surface area contributed by atoms with Crippen molar-refractivity contribution in [3.8, 4) is 0 Å². The molecule has 3 fully saturated rings. The van der Waals surface area contributed by atoms with E-state index >= 15 is 0 Å². The lowest BCUT2D eigenvalue weighted by Gasteiger charge is -2.46. The Labute approximate surface area is 196 Å². The van der Waals surface area contributed by atoms with Gasteiger partial charge in [0, 0.05) is 0 Å². The van der Waals surface area contributed by atoms with Crippen LogP contribution in [-0.4, -0.2) is 167 Å². The van der Waals surface area contributed by atoms with Crippen molar-refractivity contribution in [1.29, 1.82) is 0 Å². The molecule has 14 atom stereocenters. The average Bonchev–Trinajstić information content (AvgIpc) is 3.08. The summed E-state index contributed by atoms with van der Waals surface area (Å²) in [5, 5.41) is 109. The molecule has 3 heterocycles. The minimum Gasteiger partial charge on any atom is -0.479 e. The number of hydrogen-bond donors (Lipinski definition) is 11. The van der Waals surface area contributed by atoms with E-state index in [0.717, 1.165) is 0 Å². The Morgan fingerprint density at radius 2 is 1.34 bits per heavy atom. The van der Waals surface area contributed by atoms with Crippen LogP contribution in [-0.2, 0) is 28.5 Å². The highest BCUT2D eigenvalue weighted by atomic mass is 16.8. The second-order valence-corrected chi connectivity index (χ2v) is 8.40. The lowest BCUT2D eigenvalue weighted by Crippen LogP contribution is -2.66. The molecule has 3 rings (SSSR count). The molecule has 17 nitrogen and oxygen atoms in total. The van der Waals surface area contributed by atoms with Crippen LogP contribution in [0.25, 0.3) is 0 Å². The van der Waals surface area contributed by atoms with Crippen molar-refractivity contribution in [2.24, 2.45) is 0 Å². The Morgan fingerprint density at radius 3 is 1.86 bits per heavy atom. The largest absolute Gasteiger partial charge is 0.479 e. The van der Waals surface area contributed by atoms with Gasteiger partial charge in [0.25, 0.3) is 0 Å². The van der Waals surface area contributed by atoms with Gasteiger partial charge in [-0.2, -0.15) is 0 Å². The Hall–Kier alpha value is -1.13. The van der Waals surface area contributed by atoms with Gasteiger partial charge in [-0.3, -0.25) is 0 Å². The van der Waals surface area contributed by atoms with Gasteiger partial charge in [-0.15, -0.1) is 0 Å². The number of carboxylic acid groups (broad SMARTS) is 1. The van der Waals surface area contributed by atoms with Crippen LogP contribution in [0.15, 0.2) is 0 Å². The van der Waals surface area contributed by atoms with Gasteiger partial charge in [0.1, 0.15) is 67.6 Å². The van der Waals surface area contributed by atoms with Crippen molar-refractivity contribution in [3.05, 3.63) is 0 Å². The first kappa shape index (κ1) is 28.4. The summed E-state index contributed by atoms with van der Waals surface area (Å²) >= 11 is 0. The van der Waals surface area contributed by atoms with Gasteiger partial charge in [-0.1, -0.05) is 0 Å². The van der Waals surface area contributed by atoms with Crippen LogP contribution in [0.5, 0.6) is 0 Å². The van der Waals surface area contributed by atoms with Crippen LogP contribution in [0.3, 0.4) is 0 Å². The molecule has 11 N–H and O–H groups in total. The van der Waals surface area contributed by atoms with Crippen molar-refractivity contribution in [1.82, 2.24) is 0 Å². The fraction of sp³-hybridized carbons (Fsp3) is 0.944. The predicted octanol–water partition coefficient (Wildman–Crippen LogP) is -7.48. The van der Waals surface area contributed by atoms with Crippen molar-refractivity contribution in [2.75, 3.05) is 19.8 Å². The first-order valence-electron chi connectivity index (χ1n) is 10.6. The second kappa shape index (κ2) is 11.1. The third kappa shape index (κ3) is 5.17. The molecule has 0 radical (unpaired) electrons. The lowest BCUT2D eigenvalue weighted by atomic mass is 9.96. The molecule has 14 unspecified atom stereocenters. The van der Waals surface area contributed by atoms with E-state index in [1.165, 1.54) is 0 Å². The van der Waals surface area contributed by atoms with E-state index in [-0.39, 0.29) is 0 Å². The Balaban J connectivity index is 1.76. The smallest absolute Gasteiger partial charge is 0.335 e. The number of carboxylic acids is 1. The maximum Gasteiger partial charge on any atom is 0.335 e. The molecule has 204 valence electrons. The predicted molar refractivity (Wildman–Crippen MR) is 102 cm³/mol. The van der Waals surface area contributed by atoms with E-state index in [2.05, 4.69) is 0 Å². The van der Waals surface area contributed by atoms with Gasteiger partial charge in [0.05, 0.1) is 13.2 Å². The fourth-order valence-corrected chi connectivity index (χ4v) is 4.10.